The molecule has 2 aliphatic carbocycles. The monoisotopic (exact) mass is 571 g/mol. The number of aldehydes is 1. The quantitative estimate of drug-likeness (QED) is 0.256. The van der Waals surface area contributed by atoms with E-state index in [-0.39, 0.29) is 33.6 Å². The minimum atomic E-state index is -4.59. The second-order valence-corrected chi connectivity index (χ2v) is 19.0. The molecule has 3 nitrogen and oxygen atoms in total. The minimum absolute atomic E-state index is 0.0169. The summed E-state index contributed by atoms with van der Waals surface area (Å²) in [6.07, 6.45) is 1.13. The van der Waals surface area contributed by atoms with Crippen LogP contribution in [-0.2, 0) is 17.0 Å². The van der Waals surface area contributed by atoms with Crippen LogP contribution in [0.5, 0.6) is 0 Å². The van der Waals surface area contributed by atoms with E-state index in [4.69, 9.17) is 9.41 Å². The smallest absolute Gasteiger partial charge is 0.410 e. The van der Waals surface area contributed by atoms with Gasteiger partial charge in [0.1, 0.15) is 6.29 Å². The Labute approximate surface area is 238 Å². The van der Waals surface area contributed by atoms with Crippen molar-refractivity contribution in [3.8, 4) is 11.1 Å². The molecule has 0 aliphatic heterocycles. The highest BCUT2D eigenvalue weighted by Gasteiger charge is 2.46. The summed E-state index contributed by atoms with van der Waals surface area (Å²) in [7, 11) is -2.25. The molecule has 0 N–H and O–H groups in total. The van der Waals surface area contributed by atoms with Crippen LogP contribution >= 0.6 is 0 Å². The van der Waals surface area contributed by atoms with Crippen molar-refractivity contribution in [1.82, 2.24) is 4.98 Å². The number of nitrogens with zero attached hydrogens (tertiary/aromatic N) is 1. The van der Waals surface area contributed by atoms with Crippen LogP contribution in [0, 0.1) is 5.41 Å². The first-order valence-electron chi connectivity index (χ1n) is 14.4. The van der Waals surface area contributed by atoms with Crippen molar-refractivity contribution in [3.63, 3.8) is 0 Å². The van der Waals surface area contributed by atoms with E-state index in [2.05, 4.69) is 54.3 Å². The standard InChI is InChI=1S/C33H44F3NO2Si/c1-20(2)30-28(23-16-21(19-38)14-15-24(23)33(34,35)36)27(22-12-10-11-13-22)29-25(37-30)17-32(6,7)18-26(29)39-40(8,9)31(3,4)5/h14-16,19,22,26H,1,10-13,17-18H2,2-9H3. The van der Waals surface area contributed by atoms with E-state index in [1.807, 2.05) is 6.92 Å². The second-order valence-electron chi connectivity index (χ2n) is 14.2. The molecule has 1 unspecified atom stereocenters. The molecule has 1 atom stereocenters. The predicted molar refractivity (Wildman–Crippen MR) is 159 cm³/mol. The van der Waals surface area contributed by atoms with Gasteiger partial charge in [-0.1, -0.05) is 60.1 Å². The number of allylic oxidation sites excluding steroid dienone is 1. The van der Waals surface area contributed by atoms with Crippen molar-refractivity contribution in [1.29, 1.82) is 0 Å². The number of fused-ring (bicyclic) bond motifs is 1. The summed E-state index contributed by atoms with van der Waals surface area (Å²) < 4.78 is 50.7. The zero-order valence-corrected chi connectivity index (χ0v) is 26.3. The van der Waals surface area contributed by atoms with Crippen molar-refractivity contribution < 1.29 is 22.4 Å². The Bertz CT molecular complexity index is 1310. The Morgan fingerprint density at radius 1 is 1.12 bits per heavy atom. The normalized spacial score (nSPS) is 19.9. The zero-order chi connectivity index (χ0) is 29.8. The molecule has 1 aromatic carbocycles. The first-order chi connectivity index (χ1) is 18.4. The van der Waals surface area contributed by atoms with E-state index in [1.165, 1.54) is 12.1 Å². The van der Waals surface area contributed by atoms with Crippen molar-refractivity contribution in [2.45, 2.75) is 116 Å². The third kappa shape index (κ3) is 5.87. The maximum Gasteiger partial charge on any atom is 0.417 e. The van der Waals surface area contributed by atoms with Gasteiger partial charge in [-0.15, -0.1) is 0 Å². The minimum Gasteiger partial charge on any atom is -0.410 e. The Balaban J connectivity index is 2.14. The molecule has 1 aromatic heterocycles. The second kappa shape index (κ2) is 10.5. The molecule has 0 spiro atoms. The topological polar surface area (TPSA) is 39.2 Å². The number of carbonyl (C=O) groups is 1. The molecule has 1 saturated carbocycles. The van der Waals surface area contributed by atoms with Gasteiger partial charge in [0.25, 0.3) is 0 Å². The molecule has 0 amide bonds. The van der Waals surface area contributed by atoms with Gasteiger partial charge in [0.05, 0.1) is 17.4 Å². The summed E-state index contributed by atoms with van der Waals surface area (Å²) in [6, 6.07) is 3.67. The van der Waals surface area contributed by atoms with Gasteiger partial charge in [-0.05, 0) is 90.9 Å². The predicted octanol–water partition coefficient (Wildman–Crippen LogP) is 10.3. The lowest BCUT2D eigenvalue weighted by Gasteiger charge is -2.45. The van der Waals surface area contributed by atoms with E-state index < -0.39 is 20.1 Å². The summed E-state index contributed by atoms with van der Waals surface area (Å²) >= 11 is 0. The van der Waals surface area contributed by atoms with E-state index in [0.29, 0.717) is 23.1 Å². The molecule has 1 heterocycles. The average Bonchev–Trinajstić information content (AvgIpc) is 3.34. The fourth-order valence-corrected chi connectivity index (χ4v) is 7.50. The summed E-state index contributed by atoms with van der Waals surface area (Å²) in [5.74, 6) is 0.0950. The third-order valence-corrected chi connectivity index (χ3v) is 13.7. The van der Waals surface area contributed by atoms with Crippen LogP contribution < -0.4 is 0 Å². The molecule has 2 aromatic rings. The lowest BCUT2D eigenvalue weighted by Crippen LogP contribution is -2.44. The van der Waals surface area contributed by atoms with Crippen LogP contribution in [0.15, 0.2) is 24.8 Å². The largest absolute Gasteiger partial charge is 0.417 e. The Morgan fingerprint density at radius 3 is 2.27 bits per heavy atom. The van der Waals surface area contributed by atoms with Crippen LogP contribution in [-0.4, -0.2) is 19.6 Å². The van der Waals surface area contributed by atoms with Gasteiger partial charge < -0.3 is 4.43 Å². The molecule has 40 heavy (non-hydrogen) atoms. The van der Waals surface area contributed by atoms with Crippen LogP contribution in [0.3, 0.4) is 0 Å². The zero-order valence-electron chi connectivity index (χ0n) is 25.3. The number of pyridine rings is 1. The van der Waals surface area contributed by atoms with Gasteiger partial charge >= 0.3 is 6.18 Å². The van der Waals surface area contributed by atoms with Crippen LogP contribution in [0.25, 0.3) is 16.7 Å². The molecule has 7 heteroatoms. The van der Waals surface area contributed by atoms with Crippen molar-refractivity contribution in [2.24, 2.45) is 5.41 Å². The molecule has 0 saturated heterocycles. The average molecular weight is 572 g/mol. The number of hydrogen-bond acceptors (Lipinski definition) is 3. The molecule has 218 valence electrons. The highest BCUT2D eigenvalue weighted by atomic mass is 28.4. The maximum atomic E-state index is 14.5. The van der Waals surface area contributed by atoms with Gasteiger partial charge in [-0.3, -0.25) is 9.78 Å². The van der Waals surface area contributed by atoms with Gasteiger partial charge in [0.15, 0.2) is 8.32 Å². The van der Waals surface area contributed by atoms with Crippen LogP contribution in [0.1, 0.15) is 124 Å². The van der Waals surface area contributed by atoms with E-state index in [1.54, 1.807) is 0 Å². The van der Waals surface area contributed by atoms with Gasteiger partial charge in [0.2, 0.25) is 0 Å². The Kier molecular flexibility index (Phi) is 8.09. The SMILES string of the molecule is C=C(C)c1nc2c(c(C3CCCC3)c1-c1cc(C=O)ccc1C(F)(F)F)C(O[Si](C)(C)C(C)(C)C)CC(C)(C)C2. The Hall–Kier alpha value is -2.25. The number of carbonyl (C=O) groups excluding carboxylic acids is 1. The summed E-state index contributed by atoms with van der Waals surface area (Å²) in [5, 5.41) is -0.0298. The van der Waals surface area contributed by atoms with Gasteiger partial charge in [-0.2, -0.15) is 13.2 Å². The number of benzene rings is 1. The number of halogens is 3. The van der Waals surface area contributed by atoms with E-state index >= 15 is 0 Å². The molecular formula is C33H44F3NO2Si. The first kappa shape index (κ1) is 30.7. The number of alkyl halides is 3. The maximum absolute atomic E-state index is 14.5. The highest BCUT2D eigenvalue weighted by molar-refractivity contribution is 6.74. The fraction of sp³-hybridized carbons (Fsp3) is 0.576. The van der Waals surface area contributed by atoms with E-state index in [0.717, 1.165) is 61.4 Å². The third-order valence-electron chi connectivity index (χ3n) is 9.23. The highest BCUT2D eigenvalue weighted by Crippen LogP contribution is 2.54. The van der Waals surface area contributed by atoms with Crippen molar-refractivity contribution in [2.75, 3.05) is 0 Å². The molecular weight excluding hydrogens is 527 g/mol. The molecule has 1 fully saturated rings. The number of hydrogen-bond donors (Lipinski definition) is 0. The van der Waals surface area contributed by atoms with Gasteiger partial charge in [-0.25, -0.2) is 0 Å². The lowest BCUT2D eigenvalue weighted by molar-refractivity contribution is -0.137. The molecule has 4 rings (SSSR count). The summed E-state index contributed by atoms with van der Waals surface area (Å²) in [6.45, 7) is 21.5. The number of rotatable bonds is 6. The van der Waals surface area contributed by atoms with Crippen LogP contribution in [0.4, 0.5) is 13.2 Å². The molecule has 0 bridgehead atoms. The van der Waals surface area contributed by atoms with E-state index in [9.17, 15) is 18.0 Å². The van der Waals surface area contributed by atoms with Crippen molar-refractivity contribution >= 4 is 20.2 Å². The van der Waals surface area contributed by atoms with Crippen molar-refractivity contribution in [3.05, 3.63) is 58.4 Å². The van der Waals surface area contributed by atoms with Gasteiger partial charge in [0, 0.05) is 22.4 Å². The number of aromatic nitrogens is 1. The molecule has 0 radical (unpaired) electrons. The Morgan fingerprint density at radius 2 is 1.75 bits per heavy atom. The van der Waals surface area contributed by atoms with Crippen LogP contribution in [0.2, 0.25) is 18.1 Å². The first-order valence-corrected chi connectivity index (χ1v) is 17.3. The molecule has 2 aliphatic rings. The summed E-state index contributed by atoms with van der Waals surface area (Å²) in [5.41, 5.74) is 3.84. The summed E-state index contributed by atoms with van der Waals surface area (Å²) in [4.78, 5) is 16.9. The lowest BCUT2D eigenvalue weighted by atomic mass is 9.70. The fourth-order valence-electron chi connectivity index (χ4n) is 6.23.